The van der Waals surface area contributed by atoms with Crippen LogP contribution in [0.2, 0.25) is 0 Å². The summed E-state index contributed by atoms with van der Waals surface area (Å²) in [4.78, 5) is 42.2. The summed E-state index contributed by atoms with van der Waals surface area (Å²) in [6.07, 6.45) is 10.9. The molecule has 4 bridgehead atoms. The van der Waals surface area contributed by atoms with Crippen LogP contribution < -0.4 is 0 Å². The molecule has 0 aliphatic carbocycles. The number of benzene rings is 3. The number of carbonyl (C=O) groups excluding carboxylic acids is 2. The molecule has 6 aliphatic rings. The van der Waals surface area contributed by atoms with Crippen LogP contribution in [-0.2, 0) is 9.47 Å². The summed E-state index contributed by atoms with van der Waals surface area (Å²) >= 11 is 0. The molecular weight excluding hydrogens is 673 g/mol. The Labute approximate surface area is 316 Å². The molecule has 6 saturated heterocycles. The lowest BCUT2D eigenvalue weighted by Gasteiger charge is -2.51. The molecule has 10 atom stereocenters. The standard InChI is InChI=1S/C46H46N4O4/c1-3-29-27-49-23-19-33(29)25-41(49)43(37-17-21-47-39-11-7-5-9-35(37)39)53-45(51)31-13-15-32(16-14-31)46(52)54-44(38-18-22-48-40-12-8-6-10-36(38)40)42-26-34-20-24-50(42)28-30(34)4-2/h3-18,21-22,29-30,33-34,41-44H,1-2,19-20,23-28H2/t29-,30-,33-,34-,41-,42-,43+,44+/m0/s1. The highest BCUT2D eigenvalue weighted by atomic mass is 16.5. The zero-order chi connectivity index (χ0) is 36.8. The summed E-state index contributed by atoms with van der Waals surface area (Å²) in [5, 5.41) is 1.97. The fraction of sp³-hybridized carbons (Fsp3) is 0.348. The van der Waals surface area contributed by atoms with Gasteiger partial charge in [0, 0.05) is 47.4 Å². The van der Waals surface area contributed by atoms with Crippen LogP contribution in [0.25, 0.3) is 21.8 Å². The first-order chi connectivity index (χ1) is 26.5. The number of piperidine rings is 6. The first-order valence-electron chi connectivity index (χ1n) is 19.4. The van der Waals surface area contributed by atoms with Gasteiger partial charge in [-0.3, -0.25) is 19.8 Å². The van der Waals surface area contributed by atoms with Crippen molar-refractivity contribution in [2.24, 2.45) is 23.7 Å². The van der Waals surface area contributed by atoms with E-state index in [1.54, 1.807) is 36.7 Å². The van der Waals surface area contributed by atoms with Gasteiger partial charge in [0.15, 0.2) is 0 Å². The van der Waals surface area contributed by atoms with Crippen LogP contribution in [0.3, 0.4) is 0 Å². The predicted octanol–water partition coefficient (Wildman–Crippen LogP) is 8.37. The van der Waals surface area contributed by atoms with Gasteiger partial charge in [-0.2, -0.15) is 0 Å². The normalized spacial score (nSPS) is 28.3. The molecule has 0 N–H and O–H groups in total. The van der Waals surface area contributed by atoms with E-state index in [-0.39, 0.29) is 12.1 Å². The number of esters is 2. The Bertz CT molecular complexity index is 2050. The summed E-state index contributed by atoms with van der Waals surface area (Å²) < 4.78 is 13.0. The van der Waals surface area contributed by atoms with Gasteiger partial charge >= 0.3 is 11.9 Å². The van der Waals surface area contributed by atoms with Gasteiger partial charge in [-0.1, -0.05) is 48.6 Å². The van der Waals surface area contributed by atoms with Crippen molar-refractivity contribution >= 4 is 33.7 Å². The van der Waals surface area contributed by atoms with Crippen LogP contribution in [0.1, 0.15) is 69.7 Å². The largest absolute Gasteiger partial charge is 0.452 e. The van der Waals surface area contributed by atoms with Gasteiger partial charge in [-0.25, -0.2) is 9.59 Å². The molecule has 6 aliphatic heterocycles. The summed E-state index contributed by atoms with van der Waals surface area (Å²) in [6, 6.07) is 26.8. The van der Waals surface area contributed by atoms with E-state index in [2.05, 4.69) is 57.2 Å². The van der Waals surface area contributed by atoms with E-state index in [1.165, 1.54) is 0 Å². The van der Waals surface area contributed by atoms with Crippen molar-refractivity contribution in [3.8, 4) is 0 Å². The molecule has 0 saturated carbocycles. The number of aromatic nitrogens is 2. The van der Waals surface area contributed by atoms with Crippen molar-refractivity contribution in [3.05, 3.63) is 145 Å². The zero-order valence-corrected chi connectivity index (χ0v) is 30.5. The van der Waals surface area contributed by atoms with Crippen molar-refractivity contribution in [1.29, 1.82) is 0 Å². The highest BCUT2D eigenvalue weighted by molar-refractivity contribution is 5.94. The second-order valence-electron chi connectivity index (χ2n) is 15.6. The second-order valence-corrected chi connectivity index (χ2v) is 15.6. The van der Waals surface area contributed by atoms with Gasteiger partial charge in [0.1, 0.15) is 12.2 Å². The van der Waals surface area contributed by atoms with E-state index in [1.807, 2.05) is 48.5 Å². The molecule has 54 heavy (non-hydrogen) atoms. The van der Waals surface area contributed by atoms with Crippen LogP contribution >= 0.6 is 0 Å². The van der Waals surface area contributed by atoms with Crippen molar-refractivity contribution in [3.63, 3.8) is 0 Å². The first kappa shape index (κ1) is 34.6. The van der Waals surface area contributed by atoms with Gasteiger partial charge in [0.05, 0.1) is 34.2 Å². The quantitative estimate of drug-likeness (QED) is 0.105. The maximum absolute atomic E-state index is 14.0. The lowest BCUT2D eigenvalue weighted by molar-refractivity contribution is -0.0571. The minimum absolute atomic E-state index is 0.0395. The Morgan fingerprint density at radius 2 is 1.06 bits per heavy atom. The van der Waals surface area contributed by atoms with Crippen LogP contribution in [-0.4, -0.2) is 70.0 Å². The number of rotatable bonds is 10. The SMILES string of the molecule is C=C[C@H]1CN2CC[C@H]1C[C@H]2[C@H](OC(=O)c1ccc(C(=O)O[C@H](c2ccnc3ccccc23)[C@@H]2C[C@@H]3CCN2C[C@@H]3C=C)cc1)c1ccnc2ccccc12. The van der Waals surface area contributed by atoms with Crippen LogP contribution in [0.15, 0.2) is 123 Å². The van der Waals surface area contributed by atoms with Gasteiger partial charge < -0.3 is 9.47 Å². The smallest absolute Gasteiger partial charge is 0.338 e. The maximum Gasteiger partial charge on any atom is 0.338 e. The van der Waals surface area contributed by atoms with E-state index in [9.17, 15) is 9.59 Å². The fourth-order valence-electron chi connectivity index (χ4n) is 9.92. The van der Waals surface area contributed by atoms with E-state index < -0.39 is 24.1 Å². The average Bonchev–Trinajstić information content (AvgIpc) is 3.24. The van der Waals surface area contributed by atoms with Crippen LogP contribution in [0.4, 0.5) is 0 Å². The fourth-order valence-corrected chi connectivity index (χ4v) is 9.92. The third-order valence-corrected chi connectivity index (χ3v) is 12.8. The van der Waals surface area contributed by atoms with E-state index in [0.29, 0.717) is 34.8 Å². The summed E-state index contributed by atoms with van der Waals surface area (Å²) in [7, 11) is 0. The molecule has 11 rings (SSSR count). The van der Waals surface area contributed by atoms with Crippen LogP contribution in [0, 0.1) is 23.7 Å². The maximum atomic E-state index is 14.0. The number of carbonyl (C=O) groups is 2. The van der Waals surface area contributed by atoms with Gasteiger partial charge in [-0.15, -0.1) is 13.2 Å². The first-order valence-corrected chi connectivity index (χ1v) is 19.4. The number of ether oxygens (including phenoxy) is 2. The molecule has 8 heteroatoms. The molecule has 0 spiro atoms. The highest BCUT2D eigenvalue weighted by Crippen LogP contribution is 2.45. The Morgan fingerprint density at radius 1 is 0.630 bits per heavy atom. The number of hydrogen-bond acceptors (Lipinski definition) is 8. The molecule has 8 heterocycles. The minimum atomic E-state index is -0.485. The monoisotopic (exact) mass is 718 g/mol. The molecule has 3 aromatic carbocycles. The summed E-state index contributed by atoms with van der Waals surface area (Å²) in [5.74, 6) is 1.06. The number of para-hydroxylation sites is 2. The Kier molecular flexibility index (Phi) is 9.33. The van der Waals surface area contributed by atoms with Crippen molar-refractivity contribution in [1.82, 2.24) is 19.8 Å². The summed E-state index contributed by atoms with van der Waals surface area (Å²) in [6.45, 7) is 12.0. The lowest BCUT2D eigenvalue weighted by Crippen LogP contribution is -2.55. The number of fused-ring (bicyclic) bond motifs is 8. The third-order valence-electron chi connectivity index (χ3n) is 12.8. The topological polar surface area (TPSA) is 84.9 Å². The van der Waals surface area contributed by atoms with Crippen molar-refractivity contribution in [2.45, 2.75) is 50.0 Å². The van der Waals surface area contributed by atoms with E-state index in [0.717, 1.165) is 84.8 Å². The Balaban J connectivity index is 0.979. The van der Waals surface area contributed by atoms with E-state index in [4.69, 9.17) is 9.47 Å². The predicted molar refractivity (Wildman–Crippen MR) is 210 cm³/mol. The van der Waals surface area contributed by atoms with E-state index >= 15 is 0 Å². The summed E-state index contributed by atoms with van der Waals surface area (Å²) in [5.41, 5.74) is 4.44. The minimum Gasteiger partial charge on any atom is -0.452 e. The zero-order valence-electron chi connectivity index (χ0n) is 30.5. The molecular formula is C46H46N4O4. The lowest BCUT2D eigenvalue weighted by atomic mass is 9.73. The number of nitrogens with zero attached hydrogens (tertiary/aromatic N) is 4. The second kappa shape index (κ2) is 14.6. The Morgan fingerprint density at radius 3 is 1.44 bits per heavy atom. The Hall–Kier alpha value is -5.18. The number of hydrogen-bond donors (Lipinski definition) is 0. The molecule has 2 aromatic heterocycles. The van der Waals surface area contributed by atoms with Crippen LogP contribution in [0.5, 0.6) is 0 Å². The molecule has 2 unspecified atom stereocenters. The van der Waals surface area contributed by atoms with Crippen molar-refractivity contribution in [2.75, 3.05) is 26.2 Å². The number of pyridine rings is 2. The highest BCUT2D eigenvalue weighted by Gasteiger charge is 2.46. The van der Waals surface area contributed by atoms with Gasteiger partial charge in [0.2, 0.25) is 0 Å². The molecule has 274 valence electrons. The molecule has 8 nitrogen and oxygen atoms in total. The molecule has 5 aromatic rings. The molecule has 6 fully saturated rings. The van der Waals surface area contributed by atoms with Gasteiger partial charge in [0.25, 0.3) is 0 Å². The van der Waals surface area contributed by atoms with Crippen molar-refractivity contribution < 1.29 is 19.1 Å². The molecule has 0 amide bonds. The van der Waals surface area contributed by atoms with Gasteiger partial charge in [-0.05, 0) is 111 Å². The third kappa shape index (κ3) is 6.31. The molecule has 0 radical (unpaired) electrons. The average molecular weight is 719 g/mol.